The molecule has 0 aliphatic heterocycles. The zero-order valence-corrected chi connectivity index (χ0v) is 7.60. The van der Waals surface area contributed by atoms with E-state index in [1.165, 1.54) is 19.1 Å². The fraction of sp³-hybridized carbons (Fsp3) is 0.333. The van der Waals surface area contributed by atoms with Crippen LogP contribution in [0.2, 0.25) is 0 Å². The normalized spacial score (nSPS) is 13.0. The minimum Gasteiger partial charge on any atom is -0.310 e. The molecular weight excluding hydrogens is 193 g/mol. The van der Waals surface area contributed by atoms with E-state index in [0.717, 1.165) is 12.1 Å². The van der Waals surface area contributed by atoms with Crippen molar-refractivity contribution in [3.63, 3.8) is 0 Å². The van der Waals surface area contributed by atoms with E-state index in [-0.39, 0.29) is 5.56 Å². The predicted molar refractivity (Wildman–Crippen MR) is 47.2 cm³/mol. The van der Waals surface area contributed by atoms with Crippen molar-refractivity contribution in [2.24, 2.45) is 11.5 Å². The maximum Gasteiger partial charge on any atom is 0.416 e. The lowest BCUT2D eigenvalue weighted by molar-refractivity contribution is -0.137. The van der Waals surface area contributed by atoms with Crippen LogP contribution in [0.25, 0.3) is 0 Å². The van der Waals surface area contributed by atoms with Gasteiger partial charge in [-0.2, -0.15) is 13.2 Å². The first-order valence-electron chi connectivity index (χ1n) is 3.97. The zero-order valence-electron chi connectivity index (χ0n) is 7.60. The van der Waals surface area contributed by atoms with Crippen LogP contribution in [-0.4, -0.2) is 0 Å². The van der Waals surface area contributed by atoms with E-state index in [1.807, 2.05) is 0 Å². The largest absolute Gasteiger partial charge is 0.416 e. The van der Waals surface area contributed by atoms with Crippen LogP contribution in [0.1, 0.15) is 18.1 Å². The van der Waals surface area contributed by atoms with Crippen molar-refractivity contribution in [2.75, 3.05) is 0 Å². The molecule has 78 valence electrons. The van der Waals surface area contributed by atoms with E-state index in [2.05, 4.69) is 0 Å². The highest BCUT2D eigenvalue weighted by molar-refractivity contribution is 5.29. The zero-order chi connectivity index (χ0) is 11.0. The Morgan fingerprint density at radius 1 is 1.07 bits per heavy atom. The van der Waals surface area contributed by atoms with Crippen LogP contribution >= 0.6 is 0 Å². The summed E-state index contributed by atoms with van der Waals surface area (Å²) in [5.74, 6) is 0. The van der Waals surface area contributed by atoms with Gasteiger partial charge in [-0.15, -0.1) is 0 Å². The minimum atomic E-state index is -4.36. The third-order valence-electron chi connectivity index (χ3n) is 1.81. The lowest BCUT2D eigenvalue weighted by Gasteiger charge is -2.20. The maximum atomic E-state index is 12.3. The highest BCUT2D eigenvalue weighted by Crippen LogP contribution is 2.30. The molecule has 0 unspecified atom stereocenters. The Morgan fingerprint density at radius 2 is 1.57 bits per heavy atom. The number of hydrogen-bond donors (Lipinski definition) is 2. The average Bonchev–Trinajstić information content (AvgIpc) is 2.01. The highest BCUT2D eigenvalue weighted by atomic mass is 19.4. The van der Waals surface area contributed by atoms with Gasteiger partial charge in [0.15, 0.2) is 0 Å². The summed E-state index contributed by atoms with van der Waals surface area (Å²) in [6, 6.07) is 4.70. The van der Waals surface area contributed by atoms with Gasteiger partial charge in [0.05, 0.1) is 11.2 Å². The molecule has 0 fully saturated rings. The second-order valence-corrected chi connectivity index (χ2v) is 3.36. The van der Waals surface area contributed by atoms with Crippen molar-refractivity contribution in [1.82, 2.24) is 0 Å². The van der Waals surface area contributed by atoms with Gasteiger partial charge in [0, 0.05) is 0 Å². The van der Waals surface area contributed by atoms with Gasteiger partial charge in [-0.3, -0.25) is 0 Å². The molecule has 0 atom stereocenters. The lowest BCUT2D eigenvalue weighted by atomic mass is 10.0. The smallest absolute Gasteiger partial charge is 0.310 e. The van der Waals surface area contributed by atoms with Crippen LogP contribution in [0.3, 0.4) is 0 Å². The number of benzene rings is 1. The third kappa shape index (κ3) is 2.46. The first-order valence-corrected chi connectivity index (χ1v) is 3.97. The minimum absolute atomic E-state index is 0.257. The van der Waals surface area contributed by atoms with Gasteiger partial charge in [-0.1, -0.05) is 12.1 Å². The summed E-state index contributed by atoms with van der Waals surface area (Å²) in [6.07, 6.45) is -4.36. The first kappa shape index (κ1) is 11.0. The van der Waals surface area contributed by atoms with Crippen molar-refractivity contribution < 1.29 is 13.2 Å². The molecule has 0 bridgehead atoms. The topological polar surface area (TPSA) is 52.0 Å². The monoisotopic (exact) mass is 204 g/mol. The molecule has 1 aromatic carbocycles. The second kappa shape index (κ2) is 3.25. The summed E-state index contributed by atoms with van der Waals surface area (Å²) >= 11 is 0. The van der Waals surface area contributed by atoms with Crippen molar-refractivity contribution in [2.45, 2.75) is 18.8 Å². The Morgan fingerprint density at radius 3 is 2.00 bits per heavy atom. The standard InChI is InChI=1S/C9H11F3N2/c1-8(13,14)6-3-2-4-7(5-6)9(10,11)12/h2-5H,13-14H2,1H3. The van der Waals surface area contributed by atoms with Gasteiger partial charge in [0.2, 0.25) is 0 Å². The van der Waals surface area contributed by atoms with Gasteiger partial charge < -0.3 is 11.5 Å². The summed E-state index contributed by atoms with van der Waals surface area (Å²) in [5.41, 5.74) is 9.23. The van der Waals surface area contributed by atoms with Crippen molar-refractivity contribution >= 4 is 0 Å². The molecule has 0 aromatic heterocycles. The molecule has 0 amide bonds. The molecule has 0 heterocycles. The van der Waals surface area contributed by atoms with Crippen LogP contribution in [0.15, 0.2) is 24.3 Å². The summed E-state index contributed by atoms with van der Waals surface area (Å²) < 4.78 is 36.8. The fourth-order valence-electron chi connectivity index (χ4n) is 1.03. The van der Waals surface area contributed by atoms with Crippen LogP contribution < -0.4 is 11.5 Å². The molecular formula is C9H11F3N2. The quantitative estimate of drug-likeness (QED) is 0.685. The summed E-state index contributed by atoms with van der Waals surface area (Å²) in [5, 5.41) is 0. The molecule has 0 saturated carbocycles. The SMILES string of the molecule is CC(N)(N)c1cccc(C(F)(F)F)c1. The van der Waals surface area contributed by atoms with Gasteiger partial charge >= 0.3 is 6.18 Å². The highest BCUT2D eigenvalue weighted by Gasteiger charge is 2.31. The van der Waals surface area contributed by atoms with E-state index in [0.29, 0.717) is 0 Å². The maximum absolute atomic E-state index is 12.3. The molecule has 0 radical (unpaired) electrons. The van der Waals surface area contributed by atoms with E-state index in [9.17, 15) is 13.2 Å². The number of alkyl halides is 3. The summed E-state index contributed by atoms with van der Waals surface area (Å²) in [4.78, 5) is 0. The number of nitrogens with two attached hydrogens (primary N) is 2. The molecule has 2 nitrogen and oxygen atoms in total. The molecule has 0 aliphatic rings. The average molecular weight is 204 g/mol. The van der Waals surface area contributed by atoms with Gasteiger partial charge in [-0.25, -0.2) is 0 Å². The molecule has 0 saturated heterocycles. The van der Waals surface area contributed by atoms with Gasteiger partial charge in [-0.05, 0) is 24.6 Å². The molecule has 1 rings (SSSR count). The van der Waals surface area contributed by atoms with E-state index in [4.69, 9.17) is 11.5 Å². The summed E-state index contributed by atoms with van der Waals surface area (Å²) in [6.45, 7) is 1.45. The third-order valence-corrected chi connectivity index (χ3v) is 1.81. The van der Waals surface area contributed by atoms with Crippen molar-refractivity contribution in [3.8, 4) is 0 Å². The summed E-state index contributed by atoms with van der Waals surface area (Å²) in [7, 11) is 0. The molecule has 1 aromatic rings. The molecule has 0 aliphatic carbocycles. The Balaban J connectivity index is 3.15. The molecule has 4 N–H and O–H groups in total. The fourth-order valence-corrected chi connectivity index (χ4v) is 1.03. The predicted octanol–water partition coefficient (Wildman–Crippen LogP) is 1.80. The number of halogens is 3. The molecule has 0 spiro atoms. The Bertz CT molecular complexity index is 296. The van der Waals surface area contributed by atoms with Gasteiger partial charge in [0.1, 0.15) is 0 Å². The Kier molecular flexibility index (Phi) is 2.56. The van der Waals surface area contributed by atoms with Crippen LogP contribution in [-0.2, 0) is 11.8 Å². The number of hydrogen-bond acceptors (Lipinski definition) is 2. The number of rotatable bonds is 1. The van der Waals surface area contributed by atoms with E-state index < -0.39 is 17.4 Å². The van der Waals surface area contributed by atoms with Crippen LogP contribution in [0.4, 0.5) is 13.2 Å². The Labute approximate surface area is 79.7 Å². The van der Waals surface area contributed by atoms with Crippen LogP contribution in [0.5, 0.6) is 0 Å². The lowest BCUT2D eigenvalue weighted by Crippen LogP contribution is -2.42. The second-order valence-electron chi connectivity index (χ2n) is 3.36. The van der Waals surface area contributed by atoms with E-state index in [1.54, 1.807) is 0 Å². The Hall–Kier alpha value is -1.07. The van der Waals surface area contributed by atoms with E-state index >= 15 is 0 Å². The van der Waals surface area contributed by atoms with Gasteiger partial charge in [0.25, 0.3) is 0 Å². The molecule has 5 heteroatoms. The molecule has 14 heavy (non-hydrogen) atoms. The van der Waals surface area contributed by atoms with Crippen molar-refractivity contribution in [1.29, 1.82) is 0 Å². The first-order chi connectivity index (χ1) is 6.21. The van der Waals surface area contributed by atoms with Crippen molar-refractivity contribution in [3.05, 3.63) is 35.4 Å². The van der Waals surface area contributed by atoms with Crippen LogP contribution in [0, 0.1) is 0 Å².